The molecule has 4 rings (SSSR count). The van der Waals surface area contributed by atoms with E-state index in [1.165, 1.54) is 19.3 Å². The summed E-state index contributed by atoms with van der Waals surface area (Å²) in [4.78, 5) is 4.83. The van der Waals surface area contributed by atoms with Crippen LogP contribution in [0.4, 0.5) is 11.6 Å². The van der Waals surface area contributed by atoms with Gasteiger partial charge < -0.3 is 15.1 Å². The van der Waals surface area contributed by atoms with Gasteiger partial charge in [0.2, 0.25) is 5.88 Å². The van der Waals surface area contributed by atoms with Gasteiger partial charge in [-0.05, 0) is 30.5 Å². The van der Waals surface area contributed by atoms with Gasteiger partial charge in [0.15, 0.2) is 0 Å². The Morgan fingerprint density at radius 3 is 2.75 bits per heavy atom. The van der Waals surface area contributed by atoms with Crippen molar-refractivity contribution in [2.24, 2.45) is 4.99 Å². The Hall–Kier alpha value is -1.65. The largest absolute Gasteiger partial charge is 0.447 e. The number of anilines is 1. The molecule has 0 atom stereocenters. The molecule has 1 spiro atoms. The Kier molecular flexibility index (Phi) is 4.19. The Bertz CT molecular complexity index is 778. The van der Waals surface area contributed by atoms with Crippen LogP contribution in [0.2, 0.25) is 10.0 Å². The van der Waals surface area contributed by atoms with Gasteiger partial charge >= 0.3 is 0 Å². The van der Waals surface area contributed by atoms with Crippen LogP contribution in [-0.4, -0.2) is 11.4 Å². The van der Waals surface area contributed by atoms with Crippen molar-refractivity contribution < 1.29 is 4.42 Å². The standard InChI is InChI=1S/C18H19Cl2N3O/c19-13-5-4-12(10-14(13)20)11-21-17-18(7-2-1-3-8-18)23-16-15(22-17)6-9-24-16/h4-6,9-10,23H,1-3,7-8,11H2,(H,21,22). The first kappa shape index (κ1) is 15.9. The molecule has 0 saturated heterocycles. The molecule has 1 aliphatic carbocycles. The van der Waals surface area contributed by atoms with E-state index < -0.39 is 0 Å². The second-order valence-corrected chi connectivity index (χ2v) is 7.28. The number of rotatable bonds is 2. The molecule has 2 aromatic rings. The minimum Gasteiger partial charge on any atom is -0.447 e. The summed E-state index contributed by atoms with van der Waals surface area (Å²) < 4.78 is 5.55. The lowest BCUT2D eigenvalue weighted by Gasteiger charge is -2.41. The average molecular weight is 364 g/mol. The zero-order valence-corrected chi connectivity index (χ0v) is 14.8. The number of hydrogen-bond donors (Lipinski definition) is 2. The Morgan fingerprint density at radius 2 is 1.96 bits per heavy atom. The van der Waals surface area contributed by atoms with Crippen molar-refractivity contribution in [1.29, 1.82) is 0 Å². The number of fused-ring (bicyclic) bond motifs is 1. The molecule has 0 amide bonds. The predicted octanol–water partition coefficient (Wildman–Crippen LogP) is 5.53. The van der Waals surface area contributed by atoms with Gasteiger partial charge in [-0.3, -0.25) is 0 Å². The molecule has 1 fully saturated rings. The zero-order valence-electron chi connectivity index (χ0n) is 13.2. The Balaban J connectivity index is 1.59. The third-order valence-corrected chi connectivity index (χ3v) is 5.57. The monoisotopic (exact) mass is 363 g/mol. The number of amidine groups is 1. The maximum absolute atomic E-state index is 6.12. The number of halogens is 2. The summed E-state index contributed by atoms with van der Waals surface area (Å²) in [5.41, 5.74) is 1.78. The molecule has 6 heteroatoms. The molecule has 0 bridgehead atoms. The van der Waals surface area contributed by atoms with Gasteiger partial charge in [0.25, 0.3) is 0 Å². The van der Waals surface area contributed by atoms with Crippen LogP contribution in [0.3, 0.4) is 0 Å². The Labute approximate surface area is 151 Å². The summed E-state index contributed by atoms with van der Waals surface area (Å²) in [5, 5.41) is 8.26. The van der Waals surface area contributed by atoms with Gasteiger partial charge in [-0.2, -0.15) is 0 Å². The molecule has 126 valence electrons. The van der Waals surface area contributed by atoms with Crippen LogP contribution in [0.1, 0.15) is 37.7 Å². The number of hydrogen-bond acceptors (Lipinski definition) is 4. The van der Waals surface area contributed by atoms with E-state index in [2.05, 4.69) is 10.6 Å². The normalized spacial score (nSPS) is 18.7. The van der Waals surface area contributed by atoms with Gasteiger partial charge in [-0.15, -0.1) is 0 Å². The van der Waals surface area contributed by atoms with Gasteiger partial charge in [0.1, 0.15) is 11.5 Å². The molecular formula is C18H19Cl2N3O. The molecule has 24 heavy (non-hydrogen) atoms. The van der Waals surface area contributed by atoms with E-state index >= 15 is 0 Å². The molecular weight excluding hydrogens is 345 g/mol. The molecule has 1 aromatic heterocycles. The molecule has 4 nitrogen and oxygen atoms in total. The van der Waals surface area contributed by atoms with Crippen molar-refractivity contribution in [3.63, 3.8) is 0 Å². The topological polar surface area (TPSA) is 49.6 Å². The van der Waals surface area contributed by atoms with E-state index in [1.54, 1.807) is 6.26 Å². The number of nitrogens with one attached hydrogen (secondary N) is 2. The summed E-state index contributed by atoms with van der Waals surface area (Å²) in [6, 6.07) is 7.59. The van der Waals surface area contributed by atoms with Crippen molar-refractivity contribution in [3.8, 4) is 0 Å². The fourth-order valence-electron chi connectivity index (χ4n) is 3.55. The highest BCUT2D eigenvalue weighted by molar-refractivity contribution is 6.42. The van der Waals surface area contributed by atoms with Crippen molar-refractivity contribution in [3.05, 3.63) is 46.1 Å². The molecule has 2 N–H and O–H groups in total. The minimum absolute atomic E-state index is 0.153. The smallest absolute Gasteiger partial charge is 0.219 e. The minimum atomic E-state index is -0.153. The molecule has 0 unspecified atom stereocenters. The summed E-state index contributed by atoms with van der Waals surface area (Å²) in [6.45, 7) is 0.659. The highest BCUT2D eigenvalue weighted by Gasteiger charge is 2.41. The van der Waals surface area contributed by atoms with Crippen LogP contribution in [0.25, 0.3) is 0 Å². The van der Waals surface area contributed by atoms with E-state index in [0.717, 1.165) is 35.8 Å². The first-order chi connectivity index (χ1) is 11.7. The van der Waals surface area contributed by atoms with E-state index in [4.69, 9.17) is 32.6 Å². The average Bonchev–Trinajstić information content (AvgIpc) is 3.03. The third-order valence-electron chi connectivity index (χ3n) is 4.83. The quantitative estimate of drug-likeness (QED) is 0.736. The van der Waals surface area contributed by atoms with Crippen LogP contribution < -0.4 is 10.6 Å². The first-order valence-electron chi connectivity index (χ1n) is 8.29. The lowest BCUT2D eigenvalue weighted by atomic mass is 9.79. The summed E-state index contributed by atoms with van der Waals surface area (Å²) in [6.07, 6.45) is 7.45. The van der Waals surface area contributed by atoms with E-state index in [1.807, 2.05) is 24.3 Å². The van der Waals surface area contributed by atoms with Crippen molar-refractivity contribution in [2.45, 2.75) is 44.2 Å². The number of furan rings is 1. The van der Waals surface area contributed by atoms with Crippen LogP contribution in [0, 0.1) is 0 Å². The summed E-state index contributed by atoms with van der Waals surface area (Å²) in [7, 11) is 0. The number of nitrogens with zero attached hydrogens (tertiary/aromatic N) is 1. The summed E-state index contributed by atoms with van der Waals surface area (Å²) in [5.74, 6) is 1.76. The van der Waals surface area contributed by atoms with Gasteiger partial charge in [0, 0.05) is 12.6 Å². The van der Waals surface area contributed by atoms with Crippen molar-refractivity contribution in [2.75, 3.05) is 5.32 Å². The van der Waals surface area contributed by atoms with E-state index in [0.29, 0.717) is 16.6 Å². The summed E-state index contributed by atoms with van der Waals surface area (Å²) >= 11 is 12.1. The van der Waals surface area contributed by atoms with Crippen molar-refractivity contribution in [1.82, 2.24) is 5.32 Å². The maximum atomic E-state index is 6.12. The second kappa shape index (κ2) is 6.34. The highest BCUT2D eigenvalue weighted by atomic mass is 35.5. The van der Waals surface area contributed by atoms with Crippen LogP contribution >= 0.6 is 23.2 Å². The van der Waals surface area contributed by atoms with Crippen LogP contribution in [0.5, 0.6) is 0 Å². The fourth-order valence-corrected chi connectivity index (χ4v) is 3.87. The van der Waals surface area contributed by atoms with Crippen LogP contribution in [-0.2, 0) is 6.54 Å². The number of aliphatic imine (C=N–C) groups is 1. The van der Waals surface area contributed by atoms with E-state index in [-0.39, 0.29) is 5.54 Å². The number of benzene rings is 1. The maximum Gasteiger partial charge on any atom is 0.219 e. The van der Waals surface area contributed by atoms with Gasteiger partial charge in [0.05, 0.1) is 21.8 Å². The molecule has 1 saturated carbocycles. The molecule has 2 heterocycles. The van der Waals surface area contributed by atoms with Crippen molar-refractivity contribution >= 4 is 40.6 Å². The SMILES string of the molecule is Clc1ccc(CNC2=Nc3ccoc3NC23CCCCC3)cc1Cl. The first-order valence-corrected chi connectivity index (χ1v) is 9.05. The van der Waals surface area contributed by atoms with Gasteiger partial charge in [-0.25, -0.2) is 4.99 Å². The highest BCUT2D eigenvalue weighted by Crippen LogP contribution is 2.40. The zero-order chi connectivity index (χ0) is 16.6. The molecule has 1 aromatic carbocycles. The lowest BCUT2D eigenvalue weighted by Crippen LogP contribution is -2.54. The molecule has 0 radical (unpaired) electrons. The molecule has 2 aliphatic rings. The third kappa shape index (κ3) is 2.89. The molecule has 1 aliphatic heterocycles. The van der Waals surface area contributed by atoms with Gasteiger partial charge in [-0.1, -0.05) is 48.5 Å². The predicted molar refractivity (Wildman–Crippen MR) is 98.5 cm³/mol. The van der Waals surface area contributed by atoms with E-state index in [9.17, 15) is 0 Å². The second-order valence-electron chi connectivity index (χ2n) is 6.47. The fraction of sp³-hybridized carbons (Fsp3) is 0.389. The van der Waals surface area contributed by atoms with Crippen LogP contribution in [0.15, 0.2) is 39.9 Å². The Morgan fingerprint density at radius 1 is 1.12 bits per heavy atom. The lowest BCUT2D eigenvalue weighted by molar-refractivity contribution is 0.386.